The molecule has 0 heterocycles. The first-order valence-corrected chi connectivity index (χ1v) is 21.4. The van der Waals surface area contributed by atoms with Crippen molar-refractivity contribution >= 4 is 6.48 Å². The van der Waals surface area contributed by atoms with E-state index < -0.39 is 21.3 Å². The predicted molar refractivity (Wildman–Crippen MR) is 202 cm³/mol. The normalized spacial score (nSPS) is 13.7. The van der Waals surface area contributed by atoms with Crippen LogP contribution in [0.15, 0.2) is 99.9 Å². The molecular formula is C46H54Cl2Zr. The van der Waals surface area contributed by atoms with Crippen LogP contribution >= 0.6 is 0 Å². The van der Waals surface area contributed by atoms with Gasteiger partial charge in [-0.2, -0.15) is 0 Å². The third-order valence-electron chi connectivity index (χ3n) is 10.8. The van der Waals surface area contributed by atoms with E-state index in [9.17, 15) is 0 Å². The fourth-order valence-electron chi connectivity index (χ4n) is 7.54. The summed E-state index contributed by atoms with van der Waals surface area (Å²) in [5.41, 5.74) is 16.3. The van der Waals surface area contributed by atoms with Crippen LogP contribution in [0.1, 0.15) is 120 Å². The van der Waals surface area contributed by atoms with Gasteiger partial charge in [-0.25, -0.2) is 0 Å². The van der Waals surface area contributed by atoms with E-state index in [-0.39, 0.29) is 41.1 Å². The number of hydrogen-bond donors (Lipinski definition) is 0. The van der Waals surface area contributed by atoms with E-state index in [1.165, 1.54) is 44.5 Å². The fraction of sp³-hybridized carbons (Fsp3) is 0.370. The summed E-state index contributed by atoms with van der Waals surface area (Å²) in [6.45, 7) is 26.1. The number of benzene rings is 4. The van der Waals surface area contributed by atoms with Gasteiger partial charge in [0.05, 0.1) is 0 Å². The SMILES string of the molecule is CCC(C)(C)C1=[C]([Zr+2](=[C](c2ccc(C)cc2)c2ccc(C)cc2)[c]2c(C(C)(C)C)ccc3c2Cc2cc(C(C)(C)C)ccc2-3)CC=C1.[Cl-].[Cl-]. The van der Waals surface area contributed by atoms with E-state index in [4.69, 9.17) is 0 Å². The van der Waals surface area contributed by atoms with Gasteiger partial charge < -0.3 is 24.8 Å². The molecule has 0 aromatic heterocycles. The Morgan fingerprint density at radius 2 is 1.22 bits per heavy atom. The first-order chi connectivity index (χ1) is 22.1. The van der Waals surface area contributed by atoms with Crippen molar-refractivity contribution in [2.45, 2.75) is 106 Å². The second-order valence-electron chi connectivity index (χ2n) is 16.8. The Balaban J connectivity index is 0.00000270. The molecule has 4 aromatic carbocycles. The van der Waals surface area contributed by atoms with E-state index >= 15 is 0 Å². The molecule has 0 nitrogen and oxygen atoms in total. The van der Waals surface area contributed by atoms with E-state index in [1.807, 2.05) is 0 Å². The van der Waals surface area contributed by atoms with Crippen molar-refractivity contribution < 1.29 is 46.1 Å². The van der Waals surface area contributed by atoms with Gasteiger partial charge in [-0.3, -0.25) is 0 Å². The van der Waals surface area contributed by atoms with Gasteiger partial charge in [0, 0.05) is 0 Å². The van der Waals surface area contributed by atoms with E-state index in [1.54, 1.807) is 26.5 Å². The largest absolute Gasteiger partial charge is 1.00 e. The number of aryl methyl sites for hydroxylation is 2. The van der Waals surface area contributed by atoms with Gasteiger partial charge in [0.25, 0.3) is 0 Å². The van der Waals surface area contributed by atoms with Crippen LogP contribution in [0, 0.1) is 19.3 Å². The van der Waals surface area contributed by atoms with Crippen LogP contribution in [0.2, 0.25) is 0 Å². The Kier molecular flexibility index (Phi) is 11.9. The van der Waals surface area contributed by atoms with Gasteiger partial charge in [0.2, 0.25) is 0 Å². The zero-order valence-electron chi connectivity index (χ0n) is 31.5. The minimum Gasteiger partial charge on any atom is -1.00 e. The number of fused-ring (bicyclic) bond motifs is 3. The summed E-state index contributed by atoms with van der Waals surface area (Å²) >= 11 is -2.94. The molecule has 0 fully saturated rings. The number of halogens is 2. The summed E-state index contributed by atoms with van der Waals surface area (Å²) in [5.74, 6) is 0. The van der Waals surface area contributed by atoms with Gasteiger partial charge in [-0.05, 0) is 0 Å². The fourth-order valence-corrected chi connectivity index (χ4v) is 17.4. The molecule has 0 aliphatic heterocycles. The monoisotopic (exact) mass is 766 g/mol. The molecule has 2 aliphatic carbocycles. The third kappa shape index (κ3) is 7.66. The minimum atomic E-state index is -2.94. The molecule has 4 aromatic rings. The van der Waals surface area contributed by atoms with Crippen LogP contribution in [0.3, 0.4) is 0 Å². The molecule has 0 radical (unpaired) electrons. The summed E-state index contributed by atoms with van der Waals surface area (Å²) in [5, 5.41) is 0. The van der Waals surface area contributed by atoms with Gasteiger partial charge in [-0.1, -0.05) is 0 Å². The zero-order valence-corrected chi connectivity index (χ0v) is 35.5. The third-order valence-corrected chi connectivity index (χ3v) is 18.7. The number of hydrogen-bond acceptors (Lipinski definition) is 0. The maximum absolute atomic E-state index is 2.94. The molecule has 0 amide bonds. The first kappa shape index (κ1) is 39.5. The Hall–Kier alpha value is -2.31. The molecule has 0 saturated carbocycles. The maximum Gasteiger partial charge on any atom is -1.00 e. The molecule has 0 bridgehead atoms. The minimum absolute atomic E-state index is 0. The van der Waals surface area contributed by atoms with Crippen LogP contribution in [-0.4, -0.2) is 3.21 Å². The Labute approximate surface area is 317 Å². The van der Waals surface area contributed by atoms with E-state index in [0.29, 0.717) is 0 Å². The van der Waals surface area contributed by atoms with Crippen molar-refractivity contribution in [3.63, 3.8) is 0 Å². The van der Waals surface area contributed by atoms with Crippen LogP contribution in [0.4, 0.5) is 0 Å². The van der Waals surface area contributed by atoms with E-state index in [0.717, 1.165) is 19.3 Å². The number of allylic oxidation sites excluding steroid dienone is 4. The average Bonchev–Trinajstić information content (AvgIpc) is 3.65. The summed E-state index contributed by atoms with van der Waals surface area (Å²) in [6.07, 6.45) is 8.22. The summed E-state index contributed by atoms with van der Waals surface area (Å²) in [4.78, 5) is 0. The van der Waals surface area contributed by atoms with Crippen molar-refractivity contribution in [2.24, 2.45) is 5.41 Å². The zero-order chi connectivity index (χ0) is 33.9. The van der Waals surface area contributed by atoms with Gasteiger partial charge in [0.15, 0.2) is 0 Å². The van der Waals surface area contributed by atoms with Crippen LogP contribution in [0.25, 0.3) is 11.1 Å². The van der Waals surface area contributed by atoms with Gasteiger partial charge in [-0.15, -0.1) is 0 Å². The molecule has 0 spiro atoms. The van der Waals surface area contributed by atoms with Crippen molar-refractivity contribution in [1.82, 2.24) is 0 Å². The molecule has 256 valence electrons. The Morgan fingerprint density at radius 1 is 0.673 bits per heavy atom. The molecule has 0 atom stereocenters. The van der Waals surface area contributed by atoms with Crippen molar-refractivity contribution in [3.8, 4) is 11.1 Å². The predicted octanol–water partition coefficient (Wildman–Crippen LogP) is 5.64. The quantitative estimate of drug-likeness (QED) is 0.210. The molecule has 6 rings (SSSR count). The molecule has 49 heavy (non-hydrogen) atoms. The average molecular weight is 769 g/mol. The van der Waals surface area contributed by atoms with Crippen molar-refractivity contribution in [1.29, 1.82) is 0 Å². The molecular weight excluding hydrogens is 715 g/mol. The summed E-state index contributed by atoms with van der Waals surface area (Å²) < 4.78 is 5.12. The maximum atomic E-state index is 2.52. The second kappa shape index (κ2) is 14.7. The molecule has 0 saturated heterocycles. The van der Waals surface area contributed by atoms with Gasteiger partial charge in [0.1, 0.15) is 0 Å². The smallest absolute Gasteiger partial charge is 1.00 e. The van der Waals surface area contributed by atoms with Gasteiger partial charge >= 0.3 is 295 Å². The molecule has 2 aliphatic rings. The van der Waals surface area contributed by atoms with E-state index in [2.05, 4.69) is 167 Å². The molecule has 3 heteroatoms. The Bertz CT molecular complexity index is 1890. The Morgan fingerprint density at radius 3 is 1.73 bits per heavy atom. The second-order valence-corrected chi connectivity index (χ2v) is 22.6. The topological polar surface area (TPSA) is 0 Å². The first-order valence-electron chi connectivity index (χ1n) is 17.7. The molecule has 0 N–H and O–H groups in total. The van der Waals surface area contributed by atoms with Crippen molar-refractivity contribution in [3.05, 3.63) is 144 Å². The standard InChI is InChI=1S/C21H25.C15H14.C10H15.2ClH.Zr/c1-20(2,3)16-7-9-18-14(12-16)11-15-13-17(21(4,5)6)8-10-19(15)18;1-12-3-7-14(8-4-12)11-15-9-5-13(2)6-10-15;1-4-10(2,3)9-7-5-6-8-9;;;/h7-10,12H,11H2,1-6H3;3-10H,1-2H3;5,7H,4,6H2,1-3H3;2*1H;/q;;;;;+2/p-2. The summed E-state index contributed by atoms with van der Waals surface area (Å²) in [6, 6.07) is 31.3. The van der Waals surface area contributed by atoms with Crippen LogP contribution in [0.5, 0.6) is 0 Å². The van der Waals surface area contributed by atoms with Crippen molar-refractivity contribution in [2.75, 3.05) is 0 Å². The number of rotatable bonds is 6. The molecule has 0 unspecified atom stereocenters. The van der Waals surface area contributed by atoms with Crippen LogP contribution < -0.4 is 28.1 Å². The summed E-state index contributed by atoms with van der Waals surface area (Å²) in [7, 11) is 0. The van der Waals surface area contributed by atoms with Crippen LogP contribution in [-0.2, 0) is 38.5 Å².